The van der Waals surface area contributed by atoms with E-state index in [-0.39, 0.29) is 11.3 Å². The van der Waals surface area contributed by atoms with Gasteiger partial charge >= 0.3 is 5.97 Å². The van der Waals surface area contributed by atoms with Crippen LogP contribution in [0.4, 0.5) is 0 Å². The van der Waals surface area contributed by atoms with Crippen molar-refractivity contribution in [2.24, 2.45) is 0 Å². The molecule has 0 amide bonds. The number of ether oxygens (including phenoxy) is 1. The summed E-state index contributed by atoms with van der Waals surface area (Å²) in [6.07, 6.45) is 0.158. The molecule has 0 saturated heterocycles. The van der Waals surface area contributed by atoms with Crippen molar-refractivity contribution in [1.29, 1.82) is 0 Å². The molecule has 7 heteroatoms. The summed E-state index contributed by atoms with van der Waals surface area (Å²) in [7, 11) is -2.22. The molecule has 0 aliphatic rings. The summed E-state index contributed by atoms with van der Waals surface area (Å²) in [5, 5.41) is 8.74. The topological polar surface area (TPSA) is 92.7 Å². The highest BCUT2D eigenvalue weighted by atomic mass is 32.2. The zero-order chi connectivity index (χ0) is 15.3. The van der Waals surface area contributed by atoms with Crippen molar-refractivity contribution in [3.8, 4) is 5.75 Å². The van der Waals surface area contributed by atoms with E-state index in [2.05, 4.69) is 4.72 Å². The molecule has 0 saturated carbocycles. The number of hydrogen-bond acceptors (Lipinski definition) is 4. The van der Waals surface area contributed by atoms with E-state index in [4.69, 9.17) is 9.84 Å². The van der Waals surface area contributed by atoms with Gasteiger partial charge in [-0.1, -0.05) is 6.92 Å². The third-order valence-electron chi connectivity index (χ3n) is 2.91. The van der Waals surface area contributed by atoms with E-state index in [1.54, 1.807) is 19.9 Å². The van der Waals surface area contributed by atoms with Crippen molar-refractivity contribution >= 4 is 16.0 Å². The molecular formula is C13H19NO5S. The van der Waals surface area contributed by atoms with Crippen LogP contribution in [0.5, 0.6) is 5.75 Å². The number of carbonyl (C=O) groups is 1. The second kappa shape index (κ2) is 6.71. The van der Waals surface area contributed by atoms with Crippen molar-refractivity contribution in [3.05, 3.63) is 23.8 Å². The van der Waals surface area contributed by atoms with Gasteiger partial charge in [-0.2, -0.15) is 0 Å². The van der Waals surface area contributed by atoms with Gasteiger partial charge in [0.25, 0.3) is 0 Å². The predicted molar refractivity (Wildman–Crippen MR) is 74.4 cm³/mol. The van der Waals surface area contributed by atoms with E-state index in [1.165, 1.54) is 19.2 Å². The van der Waals surface area contributed by atoms with Crippen molar-refractivity contribution in [2.75, 3.05) is 7.11 Å². The fourth-order valence-electron chi connectivity index (χ4n) is 1.79. The molecule has 2 N–H and O–H groups in total. The van der Waals surface area contributed by atoms with E-state index in [9.17, 15) is 13.2 Å². The van der Waals surface area contributed by atoms with Crippen molar-refractivity contribution < 1.29 is 23.1 Å². The second-order valence-corrected chi connectivity index (χ2v) is 6.17. The van der Waals surface area contributed by atoms with Crippen LogP contribution in [0, 0.1) is 6.92 Å². The lowest BCUT2D eigenvalue weighted by molar-refractivity contribution is -0.137. The molecule has 0 heterocycles. The molecule has 1 rings (SSSR count). The minimum atomic E-state index is -3.73. The number of aliphatic carboxylic acids is 1. The van der Waals surface area contributed by atoms with Gasteiger partial charge < -0.3 is 9.84 Å². The molecule has 0 bridgehead atoms. The number of sulfonamides is 1. The Morgan fingerprint density at radius 1 is 1.45 bits per heavy atom. The Bertz CT molecular complexity index is 582. The number of carboxylic acid groups (broad SMARTS) is 1. The number of benzene rings is 1. The molecule has 112 valence electrons. The molecule has 1 atom stereocenters. The highest BCUT2D eigenvalue weighted by Gasteiger charge is 2.21. The Hall–Kier alpha value is -1.60. The normalized spacial score (nSPS) is 12.9. The third kappa shape index (κ3) is 4.21. The van der Waals surface area contributed by atoms with E-state index in [0.717, 1.165) is 0 Å². The summed E-state index contributed by atoms with van der Waals surface area (Å²) in [4.78, 5) is 10.8. The van der Waals surface area contributed by atoms with Crippen LogP contribution in [0.15, 0.2) is 23.1 Å². The van der Waals surface area contributed by atoms with Gasteiger partial charge in [0.2, 0.25) is 10.0 Å². The quantitative estimate of drug-likeness (QED) is 0.797. The highest BCUT2D eigenvalue weighted by Crippen LogP contribution is 2.21. The first-order chi connectivity index (χ1) is 9.30. The monoisotopic (exact) mass is 301 g/mol. The lowest BCUT2D eigenvalue weighted by atomic mass is 10.2. The van der Waals surface area contributed by atoms with Crippen LogP contribution in [0.3, 0.4) is 0 Å². The van der Waals surface area contributed by atoms with Crippen LogP contribution in [-0.2, 0) is 14.8 Å². The first-order valence-corrected chi connectivity index (χ1v) is 7.67. The number of carboxylic acids is 1. The number of methoxy groups -OCH3 is 1. The maximum absolute atomic E-state index is 12.2. The van der Waals surface area contributed by atoms with Crippen molar-refractivity contribution in [1.82, 2.24) is 4.72 Å². The molecule has 1 aromatic carbocycles. The summed E-state index contributed by atoms with van der Waals surface area (Å²) >= 11 is 0. The van der Waals surface area contributed by atoms with E-state index in [1.807, 2.05) is 0 Å². The van der Waals surface area contributed by atoms with Gasteiger partial charge in [0.15, 0.2) is 0 Å². The Balaban J connectivity index is 2.98. The van der Waals surface area contributed by atoms with Crippen LogP contribution in [0.1, 0.15) is 25.3 Å². The Kier molecular flexibility index (Phi) is 5.52. The Morgan fingerprint density at radius 3 is 2.55 bits per heavy atom. The number of aryl methyl sites for hydroxylation is 1. The SMILES string of the molecule is CCC(CC(=O)O)NS(=O)(=O)c1ccc(OC)c(C)c1. The molecule has 6 nitrogen and oxygen atoms in total. The zero-order valence-electron chi connectivity index (χ0n) is 11.7. The molecule has 0 aromatic heterocycles. The number of hydrogen-bond donors (Lipinski definition) is 2. The average Bonchev–Trinajstić information content (AvgIpc) is 2.36. The Labute approximate surface area is 118 Å². The number of nitrogens with one attached hydrogen (secondary N) is 1. The van der Waals surface area contributed by atoms with Gasteiger partial charge in [0, 0.05) is 6.04 Å². The summed E-state index contributed by atoms with van der Waals surface area (Å²) in [6, 6.07) is 3.87. The summed E-state index contributed by atoms with van der Waals surface area (Å²) in [5.41, 5.74) is 0.696. The summed E-state index contributed by atoms with van der Waals surface area (Å²) in [5.74, 6) is -0.438. The predicted octanol–water partition coefficient (Wildman–Crippen LogP) is 1.54. The van der Waals surface area contributed by atoms with Crippen molar-refractivity contribution in [2.45, 2.75) is 37.6 Å². The van der Waals surface area contributed by atoms with Crippen LogP contribution < -0.4 is 9.46 Å². The lowest BCUT2D eigenvalue weighted by Gasteiger charge is -2.15. The molecular weight excluding hydrogens is 282 g/mol. The van der Waals surface area contributed by atoms with E-state index >= 15 is 0 Å². The highest BCUT2D eigenvalue weighted by molar-refractivity contribution is 7.89. The minimum absolute atomic E-state index is 0.0969. The molecule has 1 unspecified atom stereocenters. The van der Waals surface area contributed by atoms with Crippen LogP contribution in [0.2, 0.25) is 0 Å². The largest absolute Gasteiger partial charge is 0.496 e. The van der Waals surface area contributed by atoms with Crippen molar-refractivity contribution in [3.63, 3.8) is 0 Å². The maximum atomic E-state index is 12.2. The Morgan fingerprint density at radius 2 is 2.10 bits per heavy atom. The van der Waals surface area contributed by atoms with Crippen LogP contribution in [-0.4, -0.2) is 32.6 Å². The molecule has 0 radical (unpaired) electrons. The first-order valence-electron chi connectivity index (χ1n) is 6.19. The maximum Gasteiger partial charge on any atom is 0.304 e. The molecule has 0 aliphatic carbocycles. The van der Waals surface area contributed by atoms with Crippen LogP contribution >= 0.6 is 0 Å². The fourth-order valence-corrected chi connectivity index (χ4v) is 3.19. The standard InChI is InChI=1S/C13H19NO5S/c1-4-10(8-13(15)16)14-20(17,18)11-5-6-12(19-3)9(2)7-11/h5-7,10,14H,4,8H2,1-3H3,(H,15,16). The average molecular weight is 301 g/mol. The van der Waals surface area contributed by atoms with Gasteiger partial charge in [0.05, 0.1) is 18.4 Å². The lowest BCUT2D eigenvalue weighted by Crippen LogP contribution is -2.36. The second-order valence-electron chi connectivity index (χ2n) is 4.46. The van der Waals surface area contributed by atoms with Crippen LogP contribution in [0.25, 0.3) is 0 Å². The molecule has 20 heavy (non-hydrogen) atoms. The number of rotatable bonds is 7. The minimum Gasteiger partial charge on any atom is -0.496 e. The third-order valence-corrected chi connectivity index (χ3v) is 4.43. The molecule has 0 spiro atoms. The molecule has 0 fully saturated rings. The summed E-state index contributed by atoms with van der Waals surface area (Å²) in [6.45, 7) is 3.47. The van der Waals surface area contributed by atoms with Gasteiger partial charge in [0.1, 0.15) is 5.75 Å². The first kappa shape index (κ1) is 16.5. The van der Waals surface area contributed by atoms with Gasteiger partial charge in [-0.05, 0) is 37.1 Å². The van der Waals surface area contributed by atoms with Gasteiger partial charge in [-0.3, -0.25) is 4.79 Å². The molecule has 1 aromatic rings. The smallest absolute Gasteiger partial charge is 0.304 e. The fraction of sp³-hybridized carbons (Fsp3) is 0.462. The summed E-state index contributed by atoms with van der Waals surface area (Å²) < 4.78 is 31.9. The molecule has 0 aliphatic heterocycles. The van der Waals surface area contributed by atoms with Gasteiger partial charge in [-0.25, -0.2) is 13.1 Å². The zero-order valence-corrected chi connectivity index (χ0v) is 12.5. The van der Waals surface area contributed by atoms with E-state index in [0.29, 0.717) is 17.7 Å². The van der Waals surface area contributed by atoms with E-state index < -0.39 is 22.0 Å². The van der Waals surface area contributed by atoms with Gasteiger partial charge in [-0.15, -0.1) is 0 Å².